The van der Waals surface area contributed by atoms with Gasteiger partial charge in [-0.05, 0) is 20.3 Å². The van der Waals surface area contributed by atoms with Crippen LogP contribution in [-0.2, 0) is 10.2 Å². The predicted molar refractivity (Wildman–Crippen MR) is 59.5 cm³/mol. The lowest BCUT2D eigenvalue weighted by atomic mass is 9.67. The molecule has 0 bridgehead atoms. The number of aromatic nitrogens is 2. The van der Waals surface area contributed by atoms with Crippen LogP contribution in [0.4, 0.5) is 0 Å². The highest BCUT2D eigenvalue weighted by Gasteiger charge is 2.49. The fraction of sp³-hybridized carbons (Fsp3) is 0.545. The Morgan fingerprint density at radius 2 is 1.94 bits per heavy atom. The Labute approximate surface area is 94.7 Å². The summed E-state index contributed by atoms with van der Waals surface area (Å²) in [5.41, 5.74) is 3.56. The highest BCUT2D eigenvalue weighted by Crippen LogP contribution is 2.37. The van der Waals surface area contributed by atoms with Crippen molar-refractivity contribution >= 4 is 5.91 Å². The Balaban J connectivity index is 3.42. The molecule has 1 unspecified atom stereocenters. The van der Waals surface area contributed by atoms with E-state index in [0.717, 1.165) is 0 Å². The summed E-state index contributed by atoms with van der Waals surface area (Å²) in [6.45, 7) is 4.93. The topological polar surface area (TPSA) is 89.1 Å². The van der Waals surface area contributed by atoms with Crippen molar-refractivity contribution in [3.8, 4) is 0 Å². The van der Waals surface area contributed by atoms with E-state index in [1.54, 1.807) is 20.8 Å². The molecular formula is C11H17N3O2. The minimum atomic E-state index is -1.27. The van der Waals surface area contributed by atoms with Gasteiger partial charge in [0.1, 0.15) is 11.7 Å². The van der Waals surface area contributed by atoms with Gasteiger partial charge in [0.15, 0.2) is 0 Å². The van der Waals surface area contributed by atoms with E-state index in [1.807, 2.05) is 0 Å². The van der Waals surface area contributed by atoms with Crippen molar-refractivity contribution in [3.63, 3.8) is 0 Å². The molecule has 1 rings (SSSR count). The third-order valence-electron chi connectivity index (χ3n) is 3.05. The van der Waals surface area contributed by atoms with Crippen LogP contribution in [0.2, 0.25) is 0 Å². The van der Waals surface area contributed by atoms with Crippen LogP contribution in [0, 0.1) is 0 Å². The molecule has 0 radical (unpaired) electrons. The first-order chi connectivity index (χ1) is 7.36. The summed E-state index contributed by atoms with van der Waals surface area (Å²) in [4.78, 5) is 19.4. The number of primary amides is 1. The van der Waals surface area contributed by atoms with Gasteiger partial charge in [-0.2, -0.15) is 0 Å². The summed E-state index contributed by atoms with van der Waals surface area (Å²) in [7, 11) is 0. The Bertz CT molecular complexity index is 373. The van der Waals surface area contributed by atoms with E-state index in [-0.39, 0.29) is 0 Å². The molecule has 5 nitrogen and oxygen atoms in total. The molecule has 0 saturated heterocycles. The lowest BCUT2D eigenvalue weighted by Gasteiger charge is -2.40. The Morgan fingerprint density at radius 1 is 1.44 bits per heavy atom. The van der Waals surface area contributed by atoms with E-state index in [1.165, 1.54) is 18.7 Å². The maximum Gasteiger partial charge on any atom is 0.231 e. The first-order valence-electron chi connectivity index (χ1n) is 5.14. The summed E-state index contributed by atoms with van der Waals surface area (Å²) < 4.78 is 0. The van der Waals surface area contributed by atoms with Crippen LogP contribution < -0.4 is 5.73 Å². The summed E-state index contributed by atoms with van der Waals surface area (Å²) in [5, 5.41) is 10.2. The molecule has 3 N–H and O–H groups in total. The first kappa shape index (κ1) is 12.6. The molecular weight excluding hydrogens is 206 g/mol. The Kier molecular flexibility index (Phi) is 3.28. The van der Waals surface area contributed by atoms with E-state index >= 15 is 0 Å². The zero-order valence-electron chi connectivity index (χ0n) is 9.77. The molecule has 0 aliphatic rings. The molecule has 0 aromatic carbocycles. The van der Waals surface area contributed by atoms with Crippen LogP contribution >= 0.6 is 0 Å². The predicted octanol–water partition coefficient (Wildman–Crippen LogP) is 0.381. The zero-order valence-corrected chi connectivity index (χ0v) is 9.77. The van der Waals surface area contributed by atoms with Gasteiger partial charge in [0, 0.05) is 18.0 Å². The van der Waals surface area contributed by atoms with Crippen molar-refractivity contribution in [2.24, 2.45) is 5.73 Å². The molecule has 1 amide bonds. The summed E-state index contributed by atoms with van der Waals surface area (Å²) in [5.74, 6) is -0.572. The smallest absolute Gasteiger partial charge is 0.231 e. The zero-order chi connectivity index (χ0) is 12.4. The van der Waals surface area contributed by atoms with Gasteiger partial charge in [-0.1, -0.05) is 6.92 Å². The molecule has 1 atom stereocenters. The number of nitrogens with zero attached hydrogens (tertiary/aromatic N) is 2. The molecule has 0 aliphatic heterocycles. The number of amides is 1. The van der Waals surface area contributed by atoms with Crippen molar-refractivity contribution in [1.82, 2.24) is 9.97 Å². The average molecular weight is 223 g/mol. The maximum absolute atomic E-state index is 11.7. The molecule has 16 heavy (non-hydrogen) atoms. The van der Waals surface area contributed by atoms with Crippen LogP contribution in [0.25, 0.3) is 0 Å². The summed E-state index contributed by atoms with van der Waals surface area (Å²) in [6, 6.07) is 0. The summed E-state index contributed by atoms with van der Waals surface area (Å²) >= 11 is 0. The fourth-order valence-electron chi connectivity index (χ4n) is 2.13. The lowest BCUT2D eigenvalue weighted by Crippen LogP contribution is -2.55. The van der Waals surface area contributed by atoms with Crippen LogP contribution in [0.15, 0.2) is 18.7 Å². The number of hydrogen-bond acceptors (Lipinski definition) is 4. The van der Waals surface area contributed by atoms with Gasteiger partial charge in [-0.3, -0.25) is 4.79 Å². The van der Waals surface area contributed by atoms with E-state index in [0.29, 0.717) is 12.0 Å². The molecule has 1 aromatic rings. The number of carbonyl (C=O) groups is 1. The van der Waals surface area contributed by atoms with Crippen LogP contribution in [-0.4, -0.2) is 26.6 Å². The highest BCUT2D eigenvalue weighted by atomic mass is 16.3. The minimum Gasteiger partial charge on any atom is -0.389 e. The second-order valence-electron chi connectivity index (χ2n) is 4.31. The number of aliphatic hydroxyl groups is 1. The van der Waals surface area contributed by atoms with Gasteiger partial charge in [0.05, 0.1) is 5.60 Å². The van der Waals surface area contributed by atoms with Gasteiger partial charge in [0.25, 0.3) is 0 Å². The lowest BCUT2D eigenvalue weighted by molar-refractivity contribution is -0.133. The highest BCUT2D eigenvalue weighted by molar-refractivity contribution is 5.88. The van der Waals surface area contributed by atoms with Crippen LogP contribution in [0.5, 0.6) is 0 Å². The minimum absolute atomic E-state index is 0.388. The van der Waals surface area contributed by atoms with Gasteiger partial charge in [-0.25, -0.2) is 9.97 Å². The molecule has 5 heteroatoms. The Morgan fingerprint density at radius 3 is 2.25 bits per heavy atom. The van der Waals surface area contributed by atoms with Crippen molar-refractivity contribution < 1.29 is 9.90 Å². The molecule has 1 aromatic heterocycles. The molecule has 0 spiro atoms. The van der Waals surface area contributed by atoms with Crippen molar-refractivity contribution in [1.29, 1.82) is 0 Å². The molecule has 0 saturated carbocycles. The van der Waals surface area contributed by atoms with Crippen molar-refractivity contribution in [2.45, 2.75) is 38.2 Å². The number of nitrogens with two attached hydrogens (primary N) is 1. The standard InChI is InChI=1S/C11H17N3O2/c1-4-11(9(12)15,10(2,3)16)8-5-13-7-14-6-8/h5-7,16H,4H2,1-3H3,(H2,12,15). The van der Waals surface area contributed by atoms with E-state index in [9.17, 15) is 9.90 Å². The molecule has 1 heterocycles. The molecule has 88 valence electrons. The molecule has 0 aliphatic carbocycles. The van der Waals surface area contributed by atoms with Crippen molar-refractivity contribution in [3.05, 3.63) is 24.3 Å². The van der Waals surface area contributed by atoms with Gasteiger partial charge in [-0.15, -0.1) is 0 Å². The van der Waals surface area contributed by atoms with Gasteiger partial charge >= 0.3 is 0 Å². The van der Waals surface area contributed by atoms with Gasteiger partial charge < -0.3 is 10.8 Å². The van der Waals surface area contributed by atoms with Gasteiger partial charge in [0.2, 0.25) is 5.91 Å². The SMILES string of the molecule is CCC(C(N)=O)(c1cncnc1)C(C)(C)O. The number of rotatable bonds is 4. The second-order valence-corrected chi connectivity index (χ2v) is 4.31. The molecule has 0 fully saturated rings. The van der Waals surface area contributed by atoms with Crippen LogP contribution in [0.1, 0.15) is 32.8 Å². The third-order valence-corrected chi connectivity index (χ3v) is 3.05. The monoisotopic (exact) mass is 223 g/mol. The average Bonchev–Trinajstić information content (AvgIpc) is 2.18. The van der Waals surface area contributed by atoms with E-state index in [2.05, 4.69) is 9.97 Å². The largest absolute Gasteiger partial charge is 0.389 e. The summed E-state index contributed by atoms with van der Waals surface area (Å²) in [6.07, 6.45) is 4.78. The maximum atomic E-state index is 11.7. The van der Waals surface area contributed by atoms with Crippen molar-refractivity contribution in [2.75, 3.05) is 0 Å². The van der Waals surface area contributed by atoms with E-state index in [4.69, 9.17) is 5.73 Å². The first-order valence-corrected chi connectivity index (χ1v) is 5.14. The normalized spacial score (nSPS) is 15.5. The van der Waals surface area contributed by atoms with E-state index < -0.39 is 16.9 Å². The third kappa shape index (κ3) is 1.78. The fourth-order valence-corrected chi connectivity index (χ4v) is 2.13. The Hall–Kier alpha value is -1.49. The number of carbonyl (C=O) groups excluding carboxylic acids is 1. The van der Waals surface area contributed by atoms with Crippen LogP contribution in [0.3, 0.4) is 0 Å². The second kappa shape index (κ2) is 4.17. The quantitative estimate of drug-likeness (QED) is 0.772. The number of hydrogen-bond donors (Lipinski definition) is 2.